The Labute approximate surface area is 189 Å². The lowest BCUT2D eigenvalue weighted by Gasteiger charge is -2.29. The number of thiophene rings is 2. The predicted octanol–water partition coefficient (Wildman–Crippen LogP) is 7.54. The van der Waals surface area contributed by atoms with Gasteiger partial charge in [-0.3, -0.25) is 4.99 Å². The maximum absolute atomic E-state index is 5.01. The molecule has 0 amide bonds. The summed E-state index contributed by atoms with van der Waals surface area (Å²) >= 11 is 3.45. The van der Waals surface area contributed by atoms with Gasteiger partial charge in [0.15, 0.2) is 0 Å². The van der Waals surface area contributed by atoms with Crippen LogP contribution in [0.2, 0.25) is 0 Å². The molecule has 2 nitrogen and oxygen atoms in total. The zero-order valence-electron chi connectivity index (χ0n) is 16.6. The van der Waals surface area contributed by atoms with Crippen LogP contribution in [0.5, 0.6) is 0 Å². The third kappa shape index (κ3) is 3.07. The number of pyridine rings is 1. The molecule has 4 heteroatoms. The molecule has 1 aliphatic heterocycles. The standard InChI is InChI=1S/C27H18N2S2/c1-2-9-22(27-12-4-3-7-20(27)17-28-18-27)21(8-1)19-15-23(25-10-5-13-30-25)29-24(16-19)26-11-6-14-31-26/h1-18H. The van der Waals surface area contributed by atoms with E-state index in [0.717, 1.165) is 11.4 Å². The fourth-order valence-corrected chi connectivity index (χ4v) is 5.67. The quantitative estimate of drug-likeness (QED) is 0.326. The number of allylic oxidation sites excluding steroid dienone is 5. The monoisotopic (exact) mass is 434 g/mol. The van der Waals surface area contributed by atoms with E-state index in [0.29, 0.717) is 0 Å². The summed E-state index contributed by atoms with van der Waals surface area (Å²) in [5, 5.41) is 4.21. The molecule has 4 heterocycles. The smallest absolute Gasteiger partial charge is 0.0815 e. The van der Waals surface area contributed by atoms with E-state index >= 15 is 0 Å². The first-order valence-electron chi connectivity index (χ1n) is 10.1. The van der Waals surface area contributed by atoms with Gasteiger partial charge in [0.05, 0.1) is 26.6 Å². The van der Waals surface area contributed by atoms with Crippen molar-refractivity contribution in [2.75, 3.05) is 0 Å². The Bertz CT molecular complexity index is 1320. The summed E-state index contributed by atoms with van der Waals surface area (Å²) in [5.74, 6) is 0. The highest BCUT2D eigenvalue weighted by atomic mass is 32.1. The van der Waals surface area contributed by atoms with Crippen molar-refractivity contribution in [3.8, 4) is 32.3 Å². The van der Waals surface area contributed by atoms with Gasteiger partial charge in [0.1, 0.15) is 0 Å². The lowest BCUT2D eigenvalue weighted by Crippen LogP contribution is -2.27. The van der Waals surface area contributed by atoms with Crippen molar-refractivity contribution < 1.29 is 0 Å². The third-order valence-corrected chi connectivity index (χ3v) is 7.56. The molecule has 1 unspecified atom stereocenters. The van der Waals surface area contributed by atoms with Crippen molar-refractivity contribution in [1.82, 2.24) is 4.98 Å². The second-order valence-corrected chi connectivity index (χ2v) is 9.47. The number of hydrogen-bond donors (Lipinski definition) is 0. The topological polar surface area (TPSA) is 25.2 Å². The van der Waals surface area contributed by atoms with E-state index in [2.05, 4.69) is 107 Å². The van der Waals surface area contributed by atoms with Gasteiger partial charge in [-0.1, -0.05) is 60.7 Å². The van der Waals surface area contributed by atoms with Crippen LogP contribution in [0, 0.1) is 0 Å². The Hall–Kier alpha value is -3.34. The number of fused-ring (bicyclic) bond motifs is 1. The molecule has 0 fully saturated rings. The van der Waals surface area contributed by atoms with Gasteiger partial charge < -0.3 is 0 Å². The van der Waals surface area contributed by atoms with Crippen molar-refractivity contribution in [2.45, 2.75) is 5.41 Å². The van der Waals surface area contributed by atoms with Crippen LogP contribution in [0.25, 0.3) is 32.3 Å². The van der Waals surface area contributed by atoms with Crippen molar-refractivity contribution in [3.05, 3.63) is 113 Å². The van der Waals surface area contributed by atoms with Crippen molar-refractivity contribution in [1.29, 1.82) is 0 Å². The minimum absolute atomic E-state index is 0.319. The zero-order valence-corrected chi connectivity index (χ0v) is 18.2. The Kier molecular flexibility index (Phi) is 4.41. The molecule has 0 saturated heterocycles. The summed E-state index contributed by atoms with van der Waals surface area (Å²) in [6.07, 6.45) is 12.6. The summed E-state index contributed by atoms with van der Waals surface area (Å²) in [6, 6.07) is 21.5. The molecule has 1 aromatic carbocycles. The van der Waals surface area contributed by atoms with Gasteiger partial charge in [-0.05, 0) is 57.3 Å². The first-order valence-corrected chi connectivity index (χ1v) is 11.9. The molecule has 0 radical (unpaired) electrons. The van der Waals surface area contributed by atoms with E-state index in [4.69, 9.17) is 4.98 Å². The van der Waals surface area contributed by atoms with E-state index in [-0.39, 0.29) is 5.41 Å². The summed E-state index contributed by atoms with van der Waals surface area (Å²) in [7, 11) is 0. The van der Waals surface area contributed by atoms with Gasteiger partial charge in [-0.2, -0.15) is 0 Å². The van der Waals surface area contributed by atoms with E-state index in [1.165, 1.54) is 32.0 Å². The molecule has 0 spiro atoms. The number of benzene rings is 1. The van der Waals surface area contributed by atoms with E-state index in [1.807, 2.05) is 6.20 Å². The van der Waals surface area contributed by atoms with Crippen LogP contribution in [0.4, 0.5) is 0 Å². The minimum Gasteiger partial charge on any atom is -0.267 e. The van der Waals surface area contributed by atoms with Crippen LogP contribution in [-0.2, 0) is 5.41 Å². The molecule has 2 aliphatic rings. The van der Waals surface area contributed by atoms with Crippen LogP contribution < -0.4 is 0 Å². The average molecular weight is 435 g/mol. The van der Waals surface area contributed by atoms with Crippen molar-refractivity contribution in [3.63, 3.8) is 0 Å². The average Bonchev–Trinajstić information content (AvgIpc) is 3.60. The maximum Gasteiger partial charge on any atom is 0.0815 e. The molecule has 3 aromatic heterocycles. The minimum atomic E-state index is -0.319. The number of nitrogens with zero attached hydrogens (tertiary/aromatic N) is 2. The highest BCUT2D eigenvalue weighted by Gasteiger charge is 2.36. The second-order valence-electron chi connectivity index (χ2n) is 7.58. The van der Waals surface area contributed by atoms with Crippen LogP contribution in [-0.4, -0.2) is 11.2 Å². The van der Waals surface area contributed by atoms with E-state index in [1.54, 1.807) is 22.7 Å². The molecule has 148 valence electrons. The first-order chi connectivity index (χ1) is 15.3. The summed E-state index contributed by atoms with van der Waals surface area (Å²) < 4.78 is 0. The Morgan fingerprint density at radius 2 is 1.52 bits per heavy atom. The largest absolute Gasteiger partial charge is 0.267 e. The van der Waals surface area contributed by atoms with Gasteiger partial charge >= 0.3 is 0 Å². The van der Waals surface area contributed by atoms with Gasteiger partial charge in [0.25, 0.3) is 0 Å². The molecular weight excluding hydrogens is 416 g/mol. The van der Waals surface area contributed by atoms with Crippen LogP contribution in [0.15, 0.2) is 112 Å². The molecule has 1 aliphatic carbocycles. The fourth-order valence-electron chi connectivity index (χ4n) is 4.30. The summed E-state index contributed by atoms with van der Waals surface area (Å²) in [4.78, 5) is 11.9. The van der Waals surface area contributed by atoms with E-state index < -0.39 is 0 Å². The highest BCUT2D eigenvalue weighted by Crippen LogP contribution is 2.44. The molecule has 0 saturated carbocycles. The summed E-state index contributed by atoms with van der Waals surface area (Å²) in [6.45, 7) is 0. The zero-order chi connectivity index (χ0) is 20.7. The van der Waals surface area contributed by atoms with Gasteiger partial charge in [0.2, 0.25) is 0 Å². The molecule has 4 aromatic rings. The fraction of sp³-hybridized carbons (Fsp3) is 0.0370. The Morgan fingerprint density at radius 3 is 2.23 bits per heavy atom. The molecular formula is C27H18N2S2. The Balaban J connectivity index is 1.58. The van der Waals surface area contributed by atoms with E-state index in [9.17, 15) is 0 Å². The lowest BCUT2D eigenvalue weighted by molar-refractivity contribution is 0.899. The molecule has 6 rings (SSSR count). The number of aliphatic imine (C=N–C) groups is 1. The lowest BCUT2D eigenvalue weighted by atomic mass is 9.71. The van der Waals surface area contributed by atoms with Gasteiger partial charge in [-0.15, -0.1) is 22.7 Å². The van der Waals surface area contributed by atoms with Gasteiger partial charge in [0, 0.05) is 12.4 Å². The van der Waals surface area contributed by atoms with Gasteiger partial charge in [-0.25, -0.2) is 4.98 Å². The molecule has 0 N–H and O–H groups in total. The predicted molar refractivity (Wildman–Crippen MR) is 133 cm³/mol. The molecule has 31 heavy (non-hydrogen) atoms. The second kappa shape index (κ2) is 7.41. The molecule has 1 atom stereocenters. The summed E-state index contributed by atoms with van der Waals surface area (Å²) in [5.41, 5.74) is 6.53. The van der Waals surface area contributed by atoms with Crippen molar-refractivity contribution >= 4 is 28.9 Å². The van der Waals surface area contributed by atoms with Crippen molar-refractivity contribution in [2.24, 2.45) is 4.99 Å². The van der Waals surface area contributed by atoms with Crippen LogP contribution in [0.1, 0.15) is 5.56 Å². The normalized spacial score (nSPS) is 18.9. The van der Waals surface area contributed by atoms with Crippen LogP contribution in [0.3, 0.4) is 0 Å². The maximum atomic E-state index is 5.01. The Morgan fingerprint density at radius 1 is 0.774 bits per heavy atom. The van der Waals surface area contributed by atoms with Crippen LogP contribution >= 0.6 is 22.7 Å². The first kappa shape index (κ1) is 18.4. The molecule has 0 bridgehead atoms. The highest BCUT2D eigenvalue weighted by molar-refractivity contribution is 7.13. The number of rotatable bonds is 4. The number of aromatic nitrogens is 1. The SMILES string of the molecule is C1=CC2=CN=CC2(c2ccccc2-c2cc(-c3cccs3)nc(-c3cccs3)c2)C=C1. The number of hydrogen-bond acceptors (Lipinski definition) is 4. The third-order valence-electron chi connectivity index (χ3n) is 5.77.